The average molecular weight is 210 g/mol. The number of nitrogens with two attached hydrogens (primary N) is 1. The van der Waals surface area contributed by atoms with Crippen LogP contribution in [0.4, 0.5) is 5.82 Å². The maximum Gasteiger partial charge on any atom is 0.234 e. The second kappa shape index (κ2) is 6.19. The molecule has 0 aliphatic rings. The Labute approximate surface area is 90.1 Å². The minimum atomic E-state index is 0.293. The fourth-order valence-electron chi connectivity index (χ4n) is 1.21. The second-order valence-electron chi connectivity index (χ2n) is 3.30. The quantitative estimate of drug-likeness (QED) is 0.733. The maximum absolute atomic E-state index is 5.46. The number of ether oxygens (including phenoxy) is 1. The largest absolute Gasteiger partial charge is 0.477 e. The Hall–Kier alpha value is -1.36. The van der Waals surface area contributed by atoms with Gasteiger partial charge in [0.2, 0.25) is 5.88 Å². The van der Waals surface area contributed by atoms with Gasteiger partial charge in [0.1, 0.15) is 5.82 Å². The lowest BCUT2D eigenvalue weighted by molar-refractivity contribution is 0.325. The number of hydrogen-bond acceptors (Lipinski definition) is 5. The van der Waals surface area contributed by atoms with Gasteiger partial charge in [-0.25, -0.2) is 0 Å². The summed E-state index contributed by atoms with van der Waals surface area (Å²) >= 11 is 0. The summed E-state index contributed by atoms with van der Waals surface area (Å²) in [6.45, 7) is 5.23. The number of nitrogens with zero attached hydrogens (tertiary/aromatic N) is 2. The lowest BCUT2D eigenvalue weighted by atomic mass is 10.2. The molecule has 1 aromatic rings. The van der Waals surface area contributed by atoms with Crippen LogP contribution in [0, 0.1) is 0 Å². The van der Waals surface area contributed by atoms with E-state index in [1.807, 2.05) is 6.92 Å². The van der Waals surface area contributed by atoms with Crippen LogP contribution in [0.5, 0.6) is 5.88 Å². The van der Waals surface area contributed by atoms with Crippen molar-refractivity contribution in [3.63, 3.8) is 0 Å². The van der Waals surface area contributed by atoms with Gasteiger partial charge < -0.3 is 15.8 Å². The van der Waals surface area contributed by atoms with Gasteiger partial charge in [0.05, 0.1) is 19.0 Å². The molecule has 3 N–H and O–H groups in total. The van der Waals surface area contributed by atoms with E-state index in [4.69, 9.17) is 10.5 Å². The van der Waals surface area contributed by atoms with Gasteiger partial charge >= 0.3 is 0 Å². The van der Waals surface area contributed by atoms with Crippen molar-refractivity contribution in [1.29, 1.82) is 0 Å². The molecule has 5 heteroatoms. The van der Waals surface area contributed by atoms with Crippen LogP contribution in [0.15, 0.2) is 12.4 Å². The fraction of sp³-hybridized carbons (Fsp3) is 0.600. The van der Waals surface area contributed by atoms with E-state index in [1.54, 1.807) is 12.4 Å². The Balaban J connectivity index is 2.56. The molecule has 0 radical (unpaired) electrons. The van der Waals surface area contributed by atoms with Crippen LogP contribution in [0.1, 0.15) is 20.3 Å². The highest BCUT2D eigenvalue weighted by Gasteiger charge is 2.03. The molecule has 1 atom stereocenters. The van der Waals surface area contributed by atoms with Crippen molar-refractivity contribution < 1.29 is 4.74 Å². The van der Waals surface area contributed by atoms with Gasteiger partial charge in [-0.3, -0.25) is 4.98 Å². The van der Waals surface area contributed by atoms with Crippen molar-refractivity contribution in [3.05, 3.63) is 12.4 Å². The molecule has 0 aromatic carbocycles. The molecule has 1 heterocycles. The molecule has 0 amide bonds. The van der Waals surface area contributed by atoms with Crippen LogP contribution in [-0.2, 0) is 0 Å². The number of aromatic nitrogens is 2. The van der Waals surface area contributed by atoms with Crippen molar-refractivity contribution in [3.8, 4) is 5.88 Å². The summed E-state index contributed by atoms with van der Waals surface area (Å²) in [4.78, 5) is 8.28. The zero-order chi connectivity index (χ0) is 11.1. The number of anilines is 1. The molecule has 0 bridgehead atoms. The normalized spacial score (nSPS) is 12.2. The van der Waals surface area contributed by atoms with Gasteiger partial charge in [0.15, 0.2) is 0 Å². The van der Waals surface area contributed by atoms with Crippen molar-refractivity contribution >= 4 is 5.82 Å². The van der Waals surface area contributed by atoms with Crippen molar-refractivity contribution in [2.24, 2.45) is 5.73 Å². The molecule has 0 fully saturated rings. The third kappa shape index (κ3) is 4.12. The first-order chi connectivity index (χ1) is 7.26. The lowest BCUT2D eigenvalue weighted by Gasteiger charge is -2.13. The summed E-state index contributed by atoms with van der Waals surface area (Å²) in [5, 5.41) is 3.21. The summed E-state index contributed by atoms with van der Waals surface area (Å²) in [6, 6.07) is 0.293. The van der Waals surface area contributed by atoms with Gasteiger partial charge in [-0.05, 0) is 26.8 Å². The van der Waals surface area contributed by atoms with Crippen LogP contribution in [-0.4, -0.2) is 29.2 Å². The summed E-state index contributed by atoms with van der Waals surface area (Å²) in [6.07, 6.45) is 4.18. The molecule has 0 saturated carbocycles. The number of rotatable bonds is 6. The van der Waals surface area contributed by atoms with Gasteiger partial charge in [-0.2, -0.15) is 4.98 Å². The average Bonchev–Trinajstić information content (AvgIpc) is 2.19. The highest BCUT2D eigenvalue weighted by molar-refractivity contribution is 5.34. The summed E-state index contributed by atoms with van der Waals surface area (Å²) < 4.78 is 5.25. The van der Waals surface area contributed by atoms with E-state index in [-0.39, 0.29) is 0 Å². The minimum absolute atomic E-state index is 0.293. The van der Waals surface area contributed by atoms with E-state index >= 15 is 0 Å². The smallest absolute Gasteiger partial charge is 0.234 e. The molecular weight excluding hydrogens is 192 g/mol. The highest BCUT2D eigenvalue weighted by atomic mass is 16.5. The molecule has 1 rings (SSSR count). The monoisotopic (exact) mass is 210 g/mol. The molecule has 0 aliphatic heterocycles. The first-order valence-corrected chi connectivity index (χ1v) is 5.17. The second-order valence-corrected chi connectivity index (χ2v) is 3.30. The fourth-order valence-corrected chi connectivity index (χ4v) is 1.21. The Bertz CT molecular complexity index is 293. The van der Waals surface area contributed by atoms with Gasteiger partial charge in [0, 0.05) is 6.04 Å². The van der Waals surface area contributed by atoms with Crippen LogP contribution >= 0.6 is 0 Å². The zero-order valence-corrected chi connectivity index (χ0v) is 9.23. The van der Waals surface area contributed by atoms with E-state index < -0.39 is 0 Å². The SMILES string of the molecule is CCOc1cncc(NC(C)CCN)n1. The molecule has 0 aliphatic carbocycles. The van der Waals surface area contributed by atoms with Gasteiger partial charge in [0.25, 0.3) is 0 Å². The third-order valence-electron chi connectivity index (χ3n) is 1.90. The topological polar surface area (TPSA) is 73.1 Å². The Morgan fingerprint density at radius 2 is 2.33 bits per heavy atom. The molecular formula is C10H18N4O. The van der Waals surface area contributed by atoms with Crippen LogP contribution in [0.3, 0.4) is 0 Å². The summed E-state index contributed by atoms with van der Waals surface area (Å²) in [5.74, 6) is 1.27. The number of nitrogens with one attached hydrogen (secondary N) is 1. The predicted molar refractivity (Wildman–Crippen MR) is 60.0 cm³/mol. The van der Waals surface area contributed by atoms with E-state index in [9.17, 15) is 0 Å². The first-order valence-electron chi connectivity index (χ1n) is 5.17. The third-order valence-corrected chi connectivity index (χ3v) is 1.90. The van der Waals surface area contributed by atoms with Crippen LogP contribution < -0.4 is 15.8 Å². The molecule has 0 spiro atoms. The zero-order valence-electron chi connectivity index (χ0n) is 9.23. The van der Waals surface area contributed by atoms with Gasteiger partial charge in [-0.15, -0.1) is 0 Å². The van der Waals surface area contributed by atoms with Crippen molar-refractivity contribution in [1.82, 2.24) is 9.97 Å². The van der Waals surface area contributed by atoms with E-state index in [0.29, 0.717) is 25.1 Å². The molecule has 1 aromatic heterocycles. The molecule has 0 saturated heterocycles. The van der Waals surface area contributed by atoms with E-state index in [2.05, 4.69) is 22.2 Å². The molecule has 15 heavy (non-hydrogen) atoms. The molecule has 1 unspecified atom stereocenters. The first kappa shape index (κ1) is 11.7. The molecule has 84 valence electrons. The predicted octanol–water partition coefficient (Wildman–Crippen LogP) is 1.02. The van der Waals surface area contributed by atoms with Crippen molar-refractivity contribution in [2.45, 2.75) is 26.3 Å². The molecule has 5 nitrogen and oxygen atoms in total. The van der Waals surface area contributed by atoms with Crippen molar-refractivity contribution in [2.75, 3.05) is 18.5 Å². The van der Waals surface area contributed by atoms with E-state index in [1.165, 1.54) is 0 Å². The maximum atomic E-state index is 5.46. The summed E-state index contributed by atoms with van der Waals surface area (Å²) in [5.41, 5.74) is 5.46. The Morgan fingerprint density at radius 3 is 3.00 bits per heavy atom. The Kier molecular flexibility index (Phi) is 4.83. The van der Waals surface area contributed by atoms with Gasteiger partial charge in [-0.1, -0.05) is 0 Å². The summed E-state index contributed by atoms with van der Waals surface area (Å²) in [7, 11) is 0. The standard InChI is InChI=1S/C10H18N4O/c1-3-15-10-7-12-6-9(14-10)13-8(2)4-5-11/h6-8H,3-5,11H2,1-2H3,(H,13,14). The Morgan fingerprint density at radius 1 is 1.53 bits per heavy atom. The lowest BCUT2D eigenvalue weighted by Crippen LogP contribution is -2.20. The van der Waals surface area contributed by atoms with Crippen LogP contribution in [0.2, 0.25) is 0 Å². The van der Waals surface area contributed by atoms with Crippen LogP contribution in [0.25, 0.3) is 0 Å². The van der Waals surface area contributed by atoms with E-state index in [0.717, 1.165) is 12.2 Å². The minimum Gasteiger partial charge on any atom is -0.477 e. The highest BCUT2D eigenvalue weighted by Crippen LogP contribution is 2.10. The number of hydrogen-bond donors (Lipinski definition) is 2.